The number of nitrogens with two attached hydrogens (primary N) is 1. The molecule has 2 aliphatic rings. The summed E-state index contributed by atoms with van der Waals surface area (Å²) >= 11 is 0. The molecule has 230 valence electrons. The molecule has 2 fully saturated rings. The molecule has 42 heavy (non-hydrogen) atoms. The molecule has 9 nitrogen and oxygen atoms in total. The van der Waals surface area contributed by atoms with Crippen molar-refractivity contribution < 1.29 is 41.7 Å². The number of carbonyl (C=O) groups excluding carboxylic acids is 1. The molecule has 0 spiro atoms. The van der Waals surface area contributed by atoms with Gasteiger partial charge in [-0.2, -0.15) is 13.2 Å². The zero-order valence-corrected chi connectivity index (χ0v) is 24.4. The lowest BCUT2D eigenvalue weighted by Gasteiger charge is -2.40. The normalized spacial score (nSPS) is 20.9. The molecule has 1 aliphatic carbocycles. The van der Waals surface area contributed by atoms with Crippen LogP contribution in [-0.4, -0.2) is 51.5 Å². The van der Waals surface area contributed by atoms with E-state index in [9.17, 15) is 22.5 Å². The lowest BCUT2D eigenvalue weighted by Crippen LogP contribution is -2.58. The van der Waals surface area contributed by atoms with E-state index in [0.29, 0.717) is 47.4 Å². The first-order valence-electron chi connectivity index (χ1n) is 14.0. The van der Waals surface area contributed by atoms with Crippen molar-refractivity contribution in [3.8, 4) is 0 Å². The van der Waals surface area contributed by atoms with Crippen molar-refractivity contribution in [2.45, 2.75) is 76.1 Å². The lowest BCUT2D eigenvalue weighted by molar-refractivity contribution is -0.138. The van der Waals surface area contributed by atoms with E-state index in [1.54, 1.807) is 43.3 Å². The number of benzene rings is 2. The van der Waals surface area contributed by atoms with E-state index in [1.165, 1.54) is 4.90 Å². The summed E-state index contributed by atoms with van der Waals surface area (Å²) in [6, 6.07) is 11.0. The first-order chi connectivity index (χ1) is 19.7. The van der Waals surface area contributed by atoms with Crippen LogP contribution in [0.5, 0.6) is 0 Å². The maximum Gasteiger partial charge on any atom is 0.469 e. The standard InChI is InChI=1S/C29H37F3N3O6P/c1-20(34-40-17-21-8-13-25(23-6-3-2-4-7-23)26(16-21)29(30,31)32)22-9-11-24(12-10-22)27(36)35-15-5-14-28(33,18-35)19-41-42(37,38)39/h8-13,16,23H,2-7,14-15,17-19,33H2,1H3,(H2,37,38,39)/b34-20+. The van der Waals surface area contributed by atoms with Crippen molar-refractivity contribution in [3.63, 3.8) is 0 Å². The largest absolute Gasteiger partial charge is 0.469 e. The van der Waals surface area contributed by atoms with Crippen LogP contribution in [0.2, 0.25) is 0 Å². The summed E-state index contributed by atoms with van der Waals surface area (Å²) in [5.74, 6) is -0.356. The Morgan fingerprint density at radius 1 is 1.10 bits per heavy atom. The molecule has 0 aromatic heterocycles. The molecule has 1 atom stereocenters. The topological polar surface area (TPSA) is 135 Å². The van der Waals surface area contributed by atoms with Gasteiger partial charge in [-0.15, -0.1) is 0 Å². The lowest BCUT2D eigenvalue weighted by atomic mass is 9.81. The van der Waals surface area contributed by atoms with Gasteiger partial charge in [-0.25, -0.2) is 4.57 Å². The van der Waals surface area contributed by atoms with Crippen molar-refractivity contribution in [1.82, 2.24) is 4.90 Å². The van der Waals surface area contributed by atoms with E-state index in [-0.39, 0.29) is 31.6 Å². The second kappa shape index (κ2) is 13.3. The van der Waals surface area contributed by atoms with Gasteiger partial charge < -0.3 is 25.3 Å². The number of likely N-dealkylation sites (tertiary alicyclic amines) is 1. The quantitative estimate of drug-likeness (QED) is 0.187. The van der Waals surface area contributed by atoms with Gasteiger partial charge in [0.2, 0.25) is 0 Å². The van der Waals surface area contributed by atoms with Gasteiger partial charge in [-0.1, -0.05) is 48.7 Å². The molecule has 0 radical (unpaired) electrons. The average Bonchev–Trinajstić information content (AvgIpc) is 2.95. The van der Waals surface area contributed by atoms with Gasteiger partial charge in [0.25, 0.3) is 5.91 Å². The van der Waals surface area contributed by atoms with Crippen molar-refractivity contribution in [3.05, 3.63) is 70.3 Å². The predicted molar refractivity (Wildman–Crippen MR) is 151 cm³/mol. The first-order valence-corrected chi connectivity index (χ1v) is 15.5. The molecule has 2 aromatic carbocycles. The Kier molecular flexibility index (Phi) is 10.2. The highest BCUT2D eigenvalue weighted by molar-refractivity contribution is 7.46. The number of hydrogen-bond donors (Lipinski definition) is 3. The first kappa shape index (κ1) is 32.2. The fourth-order valence-electron chi connectivity index (χ4n) is 5.67. The highest BCUT2D eigenvalue weighted by atomic mass is 31.2. The van der Waals surface area contributed by atoms with Gasteiger partial charge in [0, 0.05) is 18.7 Å². The van der Waals surface area contributed by atoms with E-state index in [4.69, 9.17) is 20.4 Å². The van der Waals surface area contributed by atoms with Crippen LogP contribution in [0.4, 0.5) is 13.2 Å². The van der Waals surface area contributed by atoms with Crippen molar-refractivity contribution >= 4 is 19.4 Å². The minimum atomic E-state index is -4.68. The fraction of sp³-hybridized carbons (Fsp3) is 0.517. The molecule has 13 heteroatoms. The molecule has 2 aromatic rings. The van der Waals surface area contributed by atoms with Crippen molar-refractivity contribution in [2.75, 3.05) is 19.7 Å². The van der Waals surface area contributed by atoms with Crippen LogP contribution in [0.1, 0.15) is 90.4 Å². The van der Waals surface area contributed by atoms with Crippen molar-refractivity contribution in [2.24, 2.45) is 10.9 Å². The molecule has 1 aliphatic heterocycles. The SMILES string of the molecule is C/C(=N\OCc1ccc(C2CCCCC2)c(C(F)(F)F)c1)c1ccc(C(=O)N2CCCC(N)(COP(=O)(O)O)C2)cc1. The van der Waals surface area contributed by atoms with Crippen LogP contribution in [0.15, 0.2) is 47.6 Å². The van der Waals surface area contributed by atoms with E-state index >= 15 is 0 Å². The molecular formula is C29H37F3N3O6P. The number of phosphoric acid groups is 1. The Balaban J connectivity index is 1.36. The summed E-state index contributed by atoms with van der Waals surface area (Å²) in [5, 5.41) is 4.06. The second-order valence-electron chi connectivity index (χ2n) is 11.2. The third-order valence-corrected chi connectivity index (χ3v) is 8.33. The number of phosphoric ester groups is 1. The maximum absolute atomic E-state index is 13.8. The zero-order chi connectivity index (χ0) is 30.5. The molecule has 1 saturated heterocycles. The highest BCUT2D eigenvalue weighted by Gasteiger charge is 2.37. The van der Waals surface area contributed by atoms with Crippen LogP contribution in [0.25, 0.3) is 0 Å². The monoisotopic (exact) mass is 611 g/mol. The van der Waals surface area contributed by atoms with Gasteiger partial charge in [-0.05, 0) is 73.4 Å². The van der Waals surface area contributed by atoms with Gasteiger partial charge in [0.05, 0.1) is 23.4 Å². The molecule has 4 N–H and O–H groups in total. The molecule has 1 heterocycles. The molecule has 1 unspecified atom stereocenters. The summed E-state index contributed by atoms with van der Waals surface area (Å²) in [6.07, 6.45) is 1.06. The Bertz CT molecular complexity index is 1320. The molecule has 4 rings (SSSR count). The zero-order valence-electron chi connectivity index (χ0n) is 23.5. The number of nitrogens with zero attached hydrogens (tertiary/aromatic N) is 2. The van der Waals surface area contributed by atoms with E-state index in [1.807, 2.05) is 0 Å². The number of amides is 1. The molecular weight excluding hydrogens is 574 g/mol. The van der Waals surface area contributed by atoms with Crippen LogP contribution in [0, 0.1) is 0 Å². The van der Waals surface area contributed by atoms with E-state index in [0.717, 1.165) is 38.2 Å². The van der Waals surface area contributed by atoms with Crippen LogP contribution in [-0.2, 0) is 26.7 Å². The predicted octanol–water partition coefficient (Wildman–Crippen LogP) is 5.74. The minimum Gasteiger partial charge on any atom is -0.391 e. The van der Waals surface area contributed by atoms with Gasteiger partial charge in [0.15, 0.2) is 0 Å². The number of hydrogen-bond acceptors (Lipinski definition) is 6. The minimum absolute atomic E-state index is 0.0740. The average molecular weight is 612 g/mol. The summed E-state index contributed by atoms with van der Waals surface area (Å²) < 4.78 is 57.2. The van der Waals surface area contributed by atoms with E-state index < -0.39 is 25.1 Å². The Morgan fingerprint density at radius 3 is 2.40 bits per heavy atom. The van der Waals surface area contributed by atoms with Crippen LogP contribution >= 0.6 is 7.82 Å². The molecule has 1 amide bonds. The second-order valence-corrected chi connectivity index (χ2v) is 12.5. The van der Waals surface area contributed by atoms with Gasteiger partial charge in [0.1, 0.15) is 6.61 Å². The third kappa shape index (κ3) is 8.64. The summed E-state index contributed by atoms with van der Waals surface area (Å²) in [4.78, 5) is 38.0. The summed E-state index contributed by atoms with van der Waals surface area (Å²) in [6.45, 7) is 1.72. The number of piperidine rings is 1. The van der Waals surface area contributed by atoms with Gasteiger partial charge in [-0.3, -0.25) is 9.32 Å². The number of carbonyl (C=O) groups is 1. The smallest absolute Gasteiger partial charge is 0.391 e. The van der Waals surface area contributed by atoms with Crippen LogP contribution < -0.4 is 5.73 Å². The Morgan fingerprint density at radius 2 is 1.76 bits per heavy atom. The maximum atomic E-state index is 13.8. The fourth-order valence-corrected chi connectivity index (χ4v) is 6.09. The van der Waals surface area contributed by atoms with Crippen LogP contribution in [0.3, 0.4) is 0 Å². The number of rotatable bonds is 9. The van der Waals surface area contributed by atoms with E-state index in [2.05, 4.69) is 9.68 Å². The number of halogens is 3. The summed E-state index contributed by atoms with van der Waals surface area (Å²) in [7, 11) is -4.68. The Labute approximate surface area is 243 Å². The number of alkyl halides is 3. The van der Waals surface area contributed by atoms with Crippen molar-refractivity contribution in [1.29, 1.82) is 0 Å². The summed E-state index contributed by atoms with van der Waals surface area (Å²) in [5.41, 5.74) is 6.84. The van der Waals surface area contributed by atoms with Gasteiger partial charge >= 0.3 is 14.0 Å². The molecule has 1 saturated carbocycles. The highest BCUT2D eigenvalue weighted by Crippen LogP contribution is 2.41. The third-order valence-electron chi connectivity index (χ3n) is 7.87. The number of oxime groups is 1. The Hall–Kier alpha value is -2.76. The molecule has 0 bridgehead atoms.